The molecule has 1 heterocycles. The Hall–Kier alpha value is -1.00. The third-order valence-electron chi connectivity index (χ3n) is 4.46. The number of pyridine rings is 1. The lowest BCUT2D eigenvalue weighted by molar-refractivity contribution is 0.116. The van der Waals surface area contributed by atoms with Gasteiger partial charge in [0.05, 0.1) is 18.0 Å². The molecular weight excluding hydrogens is 255 g/mol. The monoisotopic (exact) mass is 280 g/mol. The van der Waals surface area contributed by atoms with Crippen molar-refractivity contribution in [1.29, 1.82) is 0 Å². The Morgan fingerprint density at radius 3 is 2.65 bits per heavy atom. The Bertz CT molecular complexity index is 401. The SMILES string of the molecule is CC1CCC(N(C)CCC(O)c2ccc(F)cn2)CC1. The van der Waals surface area contributed by atoms with Gasteiger partial charge in [0, 0.05) is 12.6 Å². The van der Waals surface area contributed by atoms with Gasteiger partial charge < -0.3 is 10.0 Å². The highest BCUT2D eigenvalue weighted by Crippen LogP contribution is 2.27. The van der Waals surface area contributed by atoms with Crippen molar-refractivity contribution in [3.63, 3.8) is 0 Å². The molecule has 1 saturated carbocycles. The zero-order valence-corrected chi connectivity index (χ0v) is 12.4. The fourth-order valence-electron chi connectivity index (χ4n) is 2.92. The number of aliphatic hydroxyl groups is 1. The lowest BCUT2D eigenvalue weighted by Crippen LogP contribution is -2.36. The van der Waals surface area contributed by atoms with Crippen molar-refractivity contribution in [1.82, 2.24) is 9.88 Å². The van der Waals surface area contributed by atoms with Crippen LogP contribution in [-0.4, -0.2) is 34.6 Å². The minimum Gasteiger partial charge on any atom is -0.387 e. The first-order chi connectivity index (χ1) is 9.56. The zero-order valence-electron chi connectivity index (χ0n) is 12.4. The van der Waals surface area contributed by atoms with Gasteiger partial charge in [-0.2, -0.15) is 0 Å². The second kappa shape index (κ2) is 7.14. The first-order valence-corrected chi connectivity index (χ1v) is 7.56. The van der Waals surface area contributed by atoms with E-state index in [4.69, 9.17) is 0 Å². The van der Waals surface area contributed by atoms with E-state index in [-0.39, 0.29) is 5.82 Å². The predicted molar refractivity (Wildman–Crippen MR) is 77.8 cm³/mol. The summed E-state index contributed by atoms with van der Waals surface area (Å²) in [4.78, 5) is 6.28. The summed E-state index contributed by atoms with van der Waals surface area (Å²) in [6.45, 7) is 3.17. The number of hydrogen-bond donors (Lipinski definition) is 1. The van der Waals surface area contributed by atoms with Gasteiger partial charge in [-0.25, -0.2) is 4.39 Å². The normalized spacial score (nSPS) is 24.9. The molecular formula is C16H25FN2O. The lowest BCUT2D eigenvalue weighted by Gasteiger charge is -2.34. The van der Waals surface area contributed by atoms with Gasteiger partial charge in [-0.3, -0.25) is 4.98 Å². The topological polar surface area (TPSA) is 36.4 Å². The number of aromatic nitrogens is 1. The summed E-state index contributed by atoms with van der Waals surface area (Å²) in [6, 6.07) is 3.54. The zero-order chi connectivity index (χ0) is 14.5. The summed E-state index contributed by atoms with van der Waals surface area (Å²) in [7, 11) is 2.13. The first-order valence-electron chi connectivity index (χ1n) is 7.56. The molecule has 1 fully saturated rings. The minimum absolute atomic E-state index is 0.366. The van der Waals surface area contributed by atoms with E-state index >= 15 is 0 Å². The molecule has 1 aromatic heterocycles. The van der Waals surface area contributed by atoms with Gasteiger partial charge >= 0.3 is 0 Å². The van der Waals surface area contributed by atoms with Gasteiger partial charge in [0.2, 0.25) is 0 Å². The van der Waals surface area contributed by atoms with Gasteiger partial charge in [0.15, 0.2) is 0 Å². The molecule has 1 atom stereocenters. The van der Waals surface area contributed by atoms with Crippen molar-refractivity contribution >= 4 is 0 Å². The highest BCUT2D eigenvalue weighted by Gasteiger charge is 2.22. The number of nitrogens with zero attached hydrogens (tertiary/aromatic N) is 2. The average molecular weight is 280 g/mol. The van der Waals surface area contributed by atoms with Crippen molar-refractivity contribution in [2.45, 2.75) is 51.2 Å². The van der Waals surface area contributed by atoms with E-state index in [1.807, 2.05) is 0 Å². The van der Waals surface area contributed by atoms with Crippen LogP contribution in [0.5, 0.6) is 0 Å². The summed E-state index contributed by atoms with van der Waals surface area (Å²) in [5.41, 5.74) is 0.553. The minimum atomic E-state index is -0.611. The van der Waals surface area contributed by atoms with Crippen LogP contribution in [0, 0.1) is 11.7 Å². The molecule has 4 heteroatoms. The quantitative estimate of drug-likeness (QED) is 0.900. The first kappa shape index (κ1) is 15.4. The average Bonchev–Trinajstić information content (AvgIpc) is 2.46. The smallest absolute Gasteiger partial charge is 0.141 e. The Kier molecular flexibility index (Phi) is 5.49. The summed E-state index contributed by atoms with van der Waals surface area (Å²) in [6.07, 6.45) is 6.30. The molecule has 0 aromatic carbocycles. The fourth-order valence-corrected chi connectivity index (χ4v) is 2.92. The van der Waals surface area contributed by atoms with Crippen LogP contribution in [0.3, 0.4) is 0 Å². The molecule has 0 aliphatic heterocycles. The molecule has 112 valence electrons. The highest BCUT2D eigenvalue weighted by molar-refractivity contribution is 5.07. The van der Waals surface area contributed by atoms with Gasteiger partial charge in [0.1, 0.15) is 5.82 Å². The molecule has 1 aromatic rings. The van der Waals surface area contributed by atoms with Crippen molar-refractivity contribution in [3.8, 4) is 0 Å². The highest BCUT2D eigenvalue weighted by atomic mass is 19.1. The van der Waals surface area contributed by atoms with E-state index in [2.05, 4.69) is 23.9 Å². The Labute approximate surface area is 120 Å². The summed E-state index contributed by atoms with van der Waals surface area (Å²) >= 11 is 0. The van der Waals surface area contributed by atoms with Crippen LogP contribution in [0.25, 0.3) is 0 Å². The molecule has 1 aliphatic carbocycles. The van der Waals surface area contributed by atoms with Gasteiger partial charge in [-0.15, -0.1) is 0 Å². The van der Waals surface area contributed by atoms with Crippen LogP contribution in [0.15, 0.2) is 18.3 Å². The van der Waals surface area contributed by atoms with Crippen LogP contribution in [0.1, 0.15) is 50.8 Å². The van der Waals surface area contributed by atoms with Crippen LogP contribution in [-0.2, 0) is 0 Å². The number of halogens is 1. The molecule has 0 bridgehead atoms. The lowest BCUT2D eigenvalue weighted by atomic mass is 9.86. The third-order valence-corrected chi connectivity index (χ3v) is 4.46. The van der Waals surface area contributed by atoms with Crippen LogP contribution < -0.4 is 0 Å². The standard InChI is InChI=1S/C16H25FN2O/c1-12-3-6-14(7-4-12)19(2)10-9-16(20)15-8-5-13(17)11-18-15/h5,8,11-12,14,16,20H,3-4,6-7,9-10H2,1-2H3. The van der Waals surface area contributed by atoms with Gasteiger partial charge in [0.25, 0.3) is 0 Å². The van der Waals surface area contributed by atoms with Crippen LogP contribution in [0.4, 0.5) is 4.39 Å². The van der Waals surface area contributed by atoms with E-state index in [1.54, 1.807) is 6.07 Å². The second-order valence-corrected chi connectivity index (χ2v) is 6.10. The molecule has 3 nitrogen and oxygen atoms in total. The van der Waals surface area contributed by atoms with E-state index in [0.29, 0.717) is 18.2 Å². The van der Waals surface area contributed by atoms with E-state index in [1.165, 1.54) is 31.7 Å². The fraction of sp³-hybridized carbons (Fsp3) is 0.688. The van der Waals surface area contributed by atoms with E-state index in [0.717, 1.165) is 18.7 Å². The molecule has 1 N–H and O–H groups in total. The van der Waals surface area contributed by atoms with E-state index in [9.17, 15) is 9.50 Å². The molecule has 2 rings (SSSR count). The molecule has 0 saturated heterocycles. The maximum atomic E-state index is 12.8. The van der Waals surface area contributed by atoms with Gasteiger partial charge in [-0.05, 0) is 57.2 Å². The molecule has 0 radical (unpaired) electrons. The Morgan fingerprint density at radius 1 is 1.35 bits per heavy atom. The van der Waals surface area contributed by atoms with Crippen molar-refractivity contribution in [3.05, 3.63) is 29.8 Å². The molecule has 1 unspecified atom stereocenters. The van der Waals surface area contributed by atoms with Crippen molar-refractivity contribution in [2.75, 3.05) is 13.6 Å². The van der Waals surface area contributed by atoms with Gasteiger partial charge in [-0.1, -0.05) is 6.92 Å². The summed E-state index contributed by atoms with van der Waals surface area (Å²) in [5, 5.41) is 10.1. The molecule has 1 aliphatic rings. The third kappa shape index (κ3) is 4.25. The Balaban J connectivity index is 1.77. The van der Waals surface area contributed by atoms with Crippen LogP contribution >= 0.6 is 0 Å². The maximum Gasteiger partial charge on any atom is 0.141 e. The molecule has 0 spiro atoms. The molecule has 20 heavy (non-hydrogen) atoms. The largest absolute Gasteiger partial charge is 0.387 e. The summed E-state index contributed by atoms with van der Waals surface area (Å²) < 4.78 is 12.8. The predicted octanol–water partition coefficient (Wildman–Crippen LogP) is 3.15. The number of rotatable bonds is 5. The van der Waals surface area contributed by atoms with Crippen molar-refractivity contribution < 1.29 is 9.50 Å². The Morgan fingerprint density at radius 2 is 2.05 bits per heavy atom. The van der Waals surface area contributed by atoms with E-state index < -0.39 is 6.10 Å². The maximum absolute atomic E-state index is 12.8. The van der Waals surface area contributed by atoms with Crippen LogP contribution in [0.2, 0.25) is 0 Å². The number of aliphatic hydroxyl groups excluding tert-OH is 1. The van der Waals surface area contributed by atoms with Crippen molar-refractivity contribution in [2.24, 2.45) is 5.92 Å². The summed E-state index contributed by atoms with van der Waals surface area (Å²) in [5.74, 6) is 0.489. The molecule has 0 amide bonds. The second-order valence-electron chi connectivity index (χ2n) is 6.10. The number of hydrogen-bond acceptors (Lipinski definition) is 3.